The normalized spacial score (nSPS) is 16.3. The van der Waals surface area contributed by atoms with Crippen molar-refractivity contribution in [3.8, 4) is 0 Å². The first-order chi connectivity index (χ1) is 13.7. The summed E-state index contributed by atoms with van der Waals surface area (Å²) in [6.07, 6.45) is 4.79. The summed E-state index contributed by atoms with van der Waals surface area (Å²) in [4.78, 5) is 19.4. The van der Waals surface area contributed by atoms with Crippen LogP contribution in [0.2, 0.25) is 0 Å². The van der Waals surface area contributed by atoms with Gasteiger partial charge < -0.3 is 4.57 Å². The molecule has 144 valence electrons. The molecule has 1 aromatic carbocycles. The van der Waals surface area contributed by atoms with Gasteiger partial charge in [-0.05, 0) is 44.7 Å². The van der Waals surface area contributed by atoms with Gasteiger partial charge in [-0.15, -0.1) is 21.5 Å². The summed E-state index contributed by atoms with van der Waals surface area (Å²) in [7, 11) is 0. The van der Waals surface area contributed by atoms with E-state index in [-0.39, 0.29) is 5.91 Å². The maximum atomic E-state index is 13.2. The largest absolute Gasteiger partial charge is 0.303 e. The van der Waals surface area contributed by atoms with Crippen molar-refractivity contribution in [3.63, 3.8) is 0 Å². The van der Waals surface area contributed by atoms with Crippen LogP contribution >= 0.6 is 23.1 Å². The number of para-hydroxylation sites is 1. The monoisotopic (exact) mass is 411 g/mol. The Labute approximate surface area is 172 Å². The van der Waals surface area contributed by atoms with Crippen molar-refractivity contribution >= 4 is 39.8 Å². The predicted molar refractivity (Wildman–Crippen MR) is 111 cm³/mol. The van der Waals surface area contributed by atoms with Crippen LogP contribution in [-0.2, 0) is 4.79 Å². The molecule has 0 saturated heterocycles. The number of anilines is 2. The molecular weight excluding hydrogens is 390 g/mol. The van der Waals surface area contributed by atoms with Crippen LogP contribution in [0, 0.1) is 6.92 Å². The van der Waals surface area contributed by atoms with Crippen molar-refractivity contribution in [2.24, 2.45) is 0 Å². The summed E-state index contributed by atoms with van der Waals surface area (Å²) >= 11 is 2.98. The summed E-state index contributed by atoms with van der Waals surface area (Å²) in [5.41, 5.74) is 1.76. The Morgan fingerprint density at radius 2 is 2.00 bits per heavy atom. The van der Waals surface area contributed by atoms with Crippen LogP contribution in [0.3, 0.4) is 0 Å². The van der Waals surface area contributed by atoms with Gasteiger partial charge in [0.1, 0.15) is 5.82 Å². The van der Waals surface area contributed by atoms with E-state index >= 15 is 0 Å². The molecule has 6 nitrogen and oxygen atoms in total. The van der Waals surface area contributed by atoms with Gasteiger partial charge in [0.25, 0.3) is 0 Å². The Bertz CT molecular complexity index is 991. The van der Waals surface area contributed by atoms with E-state index in [1.165, 1.54) is 48.8 Å². The quantitative estimate of drug-likeness (QED) is 0.527. The lowest BCUT2D eigenvalue weighted by atomic mass is 10.3. The molecule has 3 aromatic rings. The Morgan fingerprint density at radius 1 is 1.21 bits per heavy atom. The zero-order chi connectivity index (χ0) is 19.1. The second-order valence-electron chi connectivity index (χ2n) is 7.34. The zero-order valence-corrected chi connectivity index (χ0v) is 17.2. The highest BCUT2D eigenvalue weighted by Crippen LogP contribution is 2.46. The highest BCUT2D eigenvalue weighted by Gasteiger charge is 2.36. The van der Waals surface area contributed by atoms with Crippen LogP contribution in [0.15, 0.2) is 40.9 Å². The van der Waals surface area contributed by atoms with Crippen LogP contribution in [0.1, 0.15) is 49.2 Å². The summed E-state index contributed by atoms with van der Waals surface area (Å²) in [6.45, 7) is 1.94. The fourth-order valence-electron chi connectivity index (χ4n) is 3.26. The van der Waals surface area contributed by atoms with E-state index in [0.29, 0.717) is 22.8 Å². The number of thioether (sulfide) groups is 1. The molecule has 2 aliphatic rings. The second kappa shape index (κ2) is 7.33. The Hall–Kier alpha value is -2.19. The summed E-state index contributed by atoms with van der Waals surface area (Å²) in [5, 5.41) is 12.4. The van der Waals surface area contributed by atoms with E-state index < -0.39 is 0 Å². The number of aryl methyl sites for hydroxylation is 1. The van der Waals surface area contributed by atoms with Gasteiger partial charge in [-0.1, -0.05) is 30.0 Å². The van der Waals surface area contributed by atoms with E-state index in [2.05, 4.69) is 19.7 Å². The third-order valence-corrected chi connectivity index (χ3v) is 6.80. The van der Waals surface area contributed by atoms with Crippen molar-refractivity contribution in [1.82, 2.24) is 19.7 Å². The van der Waals surface area contributed by atoms with Crippen molar-refractivity contribution < 1.29 is 4.79 Å². The average molecular weight is 412 g/mol. The smallest absolute Gasteiger partial charge is 0.243 e. The highest BCUT2D eigenvalue weighted by atomic mass is 32.2. The maximum Gasteiger partial charge on any atom is 0.243 e. The van der Waals surface area contributed by atoms with Gasteiger partial charge in [-0.3, -0.25) is 9.69 Å². The number of carbonyl (C=O) groups excluding carboxylic acids is 1. The van der Waals surface area contributed by atoms with E-state index in [1.54, 1.807) is 4.90 Å². The van der Waals surface area contributed by atoms with Gasteiger partial charge in [0.2, 0.25) is 5.91 Å². The minimum Gasteiger partial charge on any atom is -0.303 e. The molecule has 0 spiro atoms. The average Bonchev–Trinajstić information content (AvgIpc) is 3.64. The first-order valence-electron chi connectivity index (χ1n) is 9.58. The summed E-state index contributed by atoms with van der Waals surface area (Å²) < 4.78 is 2.29. The number of carbonyl (C=O) groups is 1. The minimum atomic E-state index is 0.00358. The van der Waals surface area contributed by atoms with E-state index in [0.717, 1.165) is 22.4 Å². The SMILES string of the molecule is Cc1csc(N(C(=O)CSc2nnc(C3CC3)n2C2CC2)c2ccccc2)n1. The maximum absolute atomic E-state index is 13.2. The number of nitrogens with zero attached hydrogens (tertiary/aromatic N) is 5. The number of aromatic nitrogens is 4. The topological polar surface area (TPSA) is 63.9 Å². The van der Waals surface area contributed by atoms with Gasteiger partial charge >= 0.3 is 0 Å². The van der Waals surface area contributed by atoms with E-state index in [1.807, 2.05) is 42.6 Å². The summed E-state index contributed by atoms with van der Waals surface area (Å²) in [5.74, 6) is 2.00. The van der Waals surface area contributed by atoms with E-state index in [9.17, 15) is 4.79 Å². The summed E-state index contributed by atoms with van der Waals surface area (Å²) in [6, 6.07) is 10.2. The molecule has 0 aliphatic heterocycles. The number of hydrogen-bond donors (Lipinski definition) is 0. The zero-order valence-electron chi connectivity index (χ0n) is 15.6. The number of thiazole rings is 1. The van der Waals surface area contributed by atoms with Gasteiger partial charge in [-0.25, -0.2) is 4.98 Å². The lowest BCUT2D eigenvalue weighted by Gasteiger charge is -2.20. The fraction of sp³-hybridized carbons (Fsp3) is 0.400. The van der Waals surface area contributed by atoms with E-state index in [4.69, 9.17) is 0 Å². The molecule has 8 heteroatoms. The Morgan fingerprint density at radius 3 is 2.64 bits per heavy atom. The Kier molecular flexibility index (Phi) is 4.68. The van der Waals surface area contributed by atoms with Gasteiger partial charge in [0.05, 0.1) is 17.1 Å². The molecule has 2 heterocycles. The van der Waals surface area contributed by atoms with Crippen LogP contribution < -0.4 is 4.90 Å². The molecule has 2 fully saturated rings. The van der Waals surface area contributed by atoms with Crippen molar-refractivity contribution in [2.75, 3.05) is 10.7 Å². The fourth-order valence-corrected chi connectivity index (χ4v) is 4.96. The standard InChI is InChI=1S/C20H21N5OS2/c1-13-11-27-19(21-13)24(15-5-3-2-4-6-15)17(26)12-28-20-23-22-18(14-7-8-14)25(20)16-9-10-16/h2-6,11,14,16H,7-10,12H2,1H3. The highest BCUT2D eigenvalue weighted by molar-refractivity contribution is 7.99. The van der Waals surface area contributed by atoms with Crippen LogP contribution in [-0.4, -0.2) is 31.4 Å². The molecule has 28 heavy (non-hydrogen) atoms. The third kappa shape index (κ3) is 3.58. The van der Waals surface area contributed by atoms with Gasteiger partial charge in [-0.2, -0.15) is 0 Å². The molecule has 5 rings (SSSR count). The minimum absolute atomic E-state index is 0.00358. The Balaban J connectivity index is 1.37. The molecule has 2 saturated carbocycles. The van der Waals surface area contributed by atoms with Crippen molar-refractivity contribution in [2.45, 2.75) is 49.7 Å². The molecule has 1 amide bonds. The number of rotatable bonds is 7. The molecule has 0 N–H and O–H groups in total. The van der Waals surface area contributed by atoms with Crippen LogP contribution in [0.4, 0.5) is 10.8 Å². The first-order valence-corrected chi connectivity index (χ1v) is 11.4. The number of hydrogen-bond acceptors (Lipinski definition) is 6. The molecule has 2 aliphatic carbocycles. The molecular formula is C20H21N5OS2. The van der Waals surface area contributed by atoms with Crippen molar-refractivity contribution in [3.05, 3.63) is 47.2 Å². The van der Waals surface area contributed by atoms with Crippen LogP contribution in [0.5, 0.6) is 0 Å². The molecule has 2 aromatic heterocycles. The third-order valence-electron chi connectivity index (χ3n) is 4.93. The number of benzene rings is 1. The lowest BCUT2D eigenvalue weighted by Crippen LogP contribution is -2.27. The van der Waals surface area contributed by atoms with Gasteiger partial charge in [0, 0.05) is 17.3 Å². The number of amides is 1. The van der Waals surface area contributed by atoms with Gasteiger partial charge in [0.15, 0.2) is 10.3 Å². The first kappa shape index (κ1) is 17.9. The second-order valence-corrected chi connectivity index (χ2v) is 9.12. The van der Waals surface area contributed by atoms with Crippen molar-refractivity contribution in [1.29, 1.82) is 0 Å². The molecule has 0 unspecified atom stereocenters. The predicted octanol–water partition coefficient (Wildman–Crippen LogP) is 4.71. The molecule has 0 bridgehead atoms. The lowest BCUT2D eigenvalue weighted by molar-refractivity contribution is -0.115. The molecule has 0 atom stereocenters. The van der Waals surface area contributed by atoms with Crippen LogP contribution in [0.25, 0.3) is 0 Å². The molecule has 0 radical (unpaired) electrons.